The van der Waals surface area contributed by atoms with Crippen LogP contribution in [-0.4, -0.2) is 57.7 Å². The number of methoxy groups -OCH3 is 2. The highest BCUT2D eigenvalue weighted by molar-refractivity contribution is 5.80. The summed E-state index contributed by atoms with van der Waals surface area (Å²) in [6, 6.07) is 4.02. The van der Waals surface area contributed by atoms with Crippen molar-refractivity contribution in [3.8, 4) is 11.5 Å². The minimum atomic E-state index is 0.192. The predicted octanol–water partition coefficient (Wildman–Crippen LogP) is 2.97. The molecule has 1 aliphatic heterocycles. The molecule has 0 fully saturated rings. The summed E-state index contributed by atoms with van der Waals surface area (Å²) in [5.41, 5.74) is 2.36. The SMILES string of the molecule is CN=C(NCCCC(=O)N1CCc2cc(OC)c(OC)cc2C1)NCCCC(C)C. The first-order chi connectivity index (χ1) is 14.5. The van der Waals surface area contributed by atoms with Crippen LogP contribution in [0.15, 0.2) is 17.1 Å². The van der Waals surface area contributed by atoms with E-state index in [1.165, 1.54) is 12.0 Å². The molecule has 0 radical (unpaired) electrons. The molecule has 1 aliphatic rings. The molecular weight excluding hydrogens is 380 g/mol. The summed E-state index contributed by atoms with van der Waals surface area (Å²) in [4.78, 5) is 18.9. The first kappa shape index (κ1) is 23.8. The molecule has 0 aromatic heterocycles. The fourth-order valence-corrected chi connectivity index (χ4v) is 3.64. The van der Waals surface area contributed by atoms with Crippen LogP contribution in [0.4, 0.5) is 0 Å². The fraction of sp³-hybridized carbons (Fsp3) is 0.652. The van der Waals surface area contributed by atoms with Crippen LogP contribution >= 0.6 is 0 Å². The van der Waals surface area contributed by atoms with Crippen molar-refractivity contribution in [3.63, 3.8) is 0 Å². The van der Waals surface area contributed by atoms with Crippen LogP contribution in [0.25, 0.3) is 0 Å². The average Bonchev–Trinajstić information content (AvgIpc) is 2.76. The average molecular weight is 419 g/mol. The summed E-state index contributed by atoms with van der Waals surface area (Å²) in [5, 5.41) is 6.63. The van der Waals surface area contributed by atoms with Crippen LogP contribution in [0.1, 0.15) is 50.7 Å². The number of fused-ring (bicyclic) bond motifs is 1. The van der Waals surface area contributed by atoms with Gasteiger partial charge in [0.2, 0.25) is 5.91 Å². The third kappa shape index (κ3) is 7.11. The Bertz CT molecular complexity index is 719. The van der Waals surface area contributed by atoms with Crippen molar-refractivity contribution in [1.82, 2.24) is 15.5 Å². The summed E-state index contributed by atoms with van der Waals surface area (Å²) < 4.78 is 10.8. The largest absolute Gasteiger partial charge is 0.493 e. The molecule has 0 aliphatic carbocycles. The molecule has 7 nitrogen and oxygen atoms in total. The lowest BCUT2D eigenvalue weighted by atomic mass is 9.98. The Labute approximate surface area is 181 Å². The highest BCUT2D eigenvalue weighted by Crippen LogP contribution is 2.33. The molecule has 0 spiro atoms. The van der Waals surface area contributed by atoms with E-state index in [1.807, 2.05) is 17.0 Å². The van der Waals surface area contributed by atoms with E-state index in [0.29, 0.717) is 18.7 Å². The number of carbonyl (C=O) groups is 1. The maximum atomic E-state index is 12.7. The number of aliphatic imine (C=N–C) groups is 1. The van der Waals surface area contributed by atoms with Crippen LogP contribution in [0.5, 0.6) is 11.5 Å². The van der Waals surface area contributed by atoms with Crippen molar-refractivity contribution in [1.29, 1.82) is 0 Å². The van der Waals surface area contributed by atoms with Crippen molar-refractivity contribution in [2.45, 2.75) is 52.5 Å². The van der Waals surface area contributed by atoms with E-state index in [0.717, 1.165) is 62.1 Å². The number of guanidine groups is 1. The van der Waals surface area contributed by atoms with Crippen LogP contribution < -0.4 is 20.1 Å². The molecule has 1 aromatic rings. The number of rotatable bonds is 10. The molecule has 0 saturated heterocycles. The van der Waals surface area contributed by atoms with E-state index >= 15 is 0 Å². The second-order valence-electron chi connectivity index (χ2n) is 8.11. The molecule has 2 N–H and O–H groups in total. The molecule has 7 heteroatoms. The van der Waals surface area contributed by atoms with Gasteiger partial charge in [-0.2, -0.15) is 0 Å². The Hall–Kier alpha value is -2.44. The van der Waals surface area contributed by atoms with Crippen LogP contribution in [0, 0.1) is 5.92 Å². The molecule has 1 heterocycles. The summed E-state index contributed by atoms with van der Waals surface area (Å²) in [5.74, 6) is 3.17. The lowest BCUT2D eigenvalue weighted by Crippen LogP contribution is -2.39. The Kier molecular flexibility index (Phi) is 9.77. The second-order valence-corrected chi connectivity index (χ2v) is 8.11. The topological polar surface area (TPSA) is 75.2 Å². The molecule has 30 heavy (non-hydrogen) atoms. The van der Waals surface area contributed by atoms with E-state index in [1.54, 1.807) is 21.3 Å². The zero-order valence-corrected chi connectivity index (χ0v) is 19.2. The summed E-state index contributed by atoms with van der Waals surface area (Å²) in [6.45, 7) is 7.48. The quantitative estimate of drug-likeness (QED) is 0.347. The van der Waals surface area contributed by atoms with Gasteiger partial charge in [-0.25, -0.2) is 0 Å². The van der Waals surface area contributed by atoms with Crippen molar-refractivity contribution in [2.24, 2.45) is 10.9 Å². The fourth-order valence-electron chi connectivity index (χ4n) is 3.64. The molecule has 168 valence electrons. The Morgan fingerprint density at radius 3 is 2.33 bits per heavy atom. The first-order valence-electron chi connectivity index (χ1n) is 10.9. The van der Waals surface area contributed by atoms with Crippen molar-refractivity contribution in [3.05, 3.63) is 23.3 Å². The zero-order chi connectivity index (χ0) is 21.9. The summed E-state index contributed by atoms with van der Waals surface area (Å²) in [7, 11) is 5.06. The predicted molar refractivity (Wildman–Crippen MR) is 121 cm³/mol. The van der Waals surface area contributed by atoms with E-state index in [2.05, 4.69) is 29.5 Å². The van der Waals surface area contributed by atoms with Gasteiger partial charge in [0.05, 0.1) is 14.2 Å². The third-order valence-corrected chi connectivity index (χ3v) is 5.40. The van der Waals surface area contributed by atoms with Gasteiger partial charge in [0.15, 0.2) is 17.5 Å². The molecule has 0 unspecified atom stereocenters. The van der Waals surface area contributed by atoms with Gasteiger partial charge < -0.3 is 25.0 Å². The summed E-state index contributed by atoms with van der Waals surface area (Å²) >= 11 is 0. The molecule has 2 rings (SSSR count). The van der Waals surface area contributed by atoms with Crippen LogP contribution in [0.2, 0.25) is 0 Å². The van der Waals surface area contributed by atoms with Gasteiger partial charge in [-0.3, -0.25) is 9.79 Å². The van der Waals surface area contributed by atoms with E-state index in [-0.39, 0.29) is 5.91 Å². The Morgan fingerprint density at radius 1 is 1.10 bits per heavy atom. The lowest BCUT2D eigenvalue weighted by molar-refractivity contribution is -0.132. The number of hydrogen-bond acceptors (Lipinski definition) is 4. The van der Waals surface area contributed by atoms with Crippen LogP contribution in [0.3, 0.4) is 0 Å². The van der Waals surface area contributed by atoms with Gasteiger partial charge in [0.25, 0.3) is 0 Å². The first-order valence-corrected chi connectivity index (χ1v) is 10.9. The molecule has 0 saturated carbocycles. The number of hydrogen-bond donors (Lipinski definition) is 2. The monoisotopic (exact) mass is 418 g/mol. The van der Waals surface area contributed by atoms with E-state index in [4.69, 9.17) is 9.47 Å². The molecule has 0 bridgehead atoms. The van der Waals surface area contributed by atoms with Gasteiger partial charge in [-0.15, -0.1) is 0 Å². The molecule has 0 atom stereocenters. The number of amides is 1. The third-order valence-electron chi connectivity index (χ3n) is 5.40. The summed E-state index contributed by atoms with van der Waals surface area (Å²) in [6.07, 6.45) is 4.48. The standard InChI is InChI=1S/C23H38N4O3/c1-17(2)8-6-11-25-23(24-3)26-12-7-9-22(28)27-13-10-18-14-20(29-4)21(30-5)15-19(18)16-27/h14-15,17H,6-13,16H2,1-5H3,(H2,24,25,26). The Balaban J connectivity index is 1.74. The van der Waals surface area contributed by atoms with Gasteiger partial charge in [-0.1, -0.05) is 13.8 Å². The number of nitrogens with one attached hydrogen (secondary N) is 2. The Morgan fingerprint density at radius 2 is 1.73 bits per heavy atom. The lowest BCUT2D eigenvalue weighted by Gasteiger charge is -2.29. The smallest absolute Gasteiger partial charge is 0.222 e. The van der Waals surface area contributed by atoms with Gasteiger partial charge >= 0.3 is 0 Å². The van der Waals surface area contributed by atoms with Crippen molar-refractivity contribution >= 4 is 11.9 Å². The van der Waals surface area contributed by atoms with E-state index < -0.39 is 0 Å². The number of nitrogens with zero attached hydrogens (tertiary/aromatic N) is 2. The highest BCUT2D eigenvalue weighted by atomic mass is 16.5. The highest BCUT2D eigenvalue weighted by Gasteiger charge is 2.22. The van der Waals surface area contributed by atoms with Crippen molar-refractivity contribution in [2.75, 3.05) is 40.9 Å². The number of ether oxygens (including phenoxy) is 2. The normalized spacial score (nSPS) is 13.8. The van der Waals surface area contributed by atoms with Gasteiger partial charge in [-0.05, 0) is 54.9 Å². The zero-order valence-electron chi connectivity index (χ0n) is 19.2. The maximum absolute atomic E-state index is 12.7. The van der Waals surface area contributed by atoms with Crippen molar-refractivity contribution < 1.29 is 14.3 Å². The maximum Gasteiger partial charge on any atom is 0.222 e. The number of carbonyl (C=O) groups excluding carboxylic acids is 1. The number of benzene rings is 1. The second kappa shape index (κ2) is 12.3. The molecule has 1 aromatic carbocycles. The molecule has 1 amide bonds. The minimum Gasteiger partial charge on any atom is -0.493 e. The van der Waals surface area contributed by atoms with E-state index in [9.17, 15) is 4.79 Å². The van der Waals surface area contributed by atoms with Gasteiger partial charge in [0, 0.05) is 39.6 Å². The van der Waals surface area contributed by atoms with Gasteiger partial charge in [0.1, 0.15) is 0 Å². The minimum absolute atomic E-state index is 0.192. The van der Waals surface area contributed by atoms with Crippen LogP contribution in [-0.2, 0) is 17.8 Å². The molecular formula is C23H38N4O3.